The van der Waals surface area contributed by atoms with Gasteiger partial charge in [0.1, 0.15) is 11.5 Å². The zero-order valence-electron chi connectivity index (χ0n) is 11.1. The minimum Gasteiger partial charge on any atom is -0.497 e. The number of hydrogen-bond acceptors (Lipinski definition) is 3. The molecule has 0 aliphatic heterocycles. The Morgan fingerprint density at radius 1 is 1.11 bits per heavy atom. The molecule has 0 fully saturated rings. The van der Waals surface area contributed by atoms with E-state index in [2.05, 4.69) is 17.5 Å². The smallest absolute Gasteiger partial charge is 0.124 e. The molecule has 1 aromatic rings. The van der Waals surface area contributed by atoms with Crippen LogP contribution in [0.25, 0.3) is 0 Å². The van der Waals surface area contributed by atoms with Crippen LogP contribution in [0.2, 0.25) is 0 Å². The zero-order chi connectivity index (χ0) is 12.8. The van der Waals surface area contributed by atoms with Crippen LogP contribution in [0.15, 0.2) is 30.4 Å². The van der Waals surface area contributed by atoms with Gasteiger partial charge in [0.15, 0.2) is 0 Å². The molecule has 1 aliphatic rings. The molecule has 0 radical (unpaired) electrons. The molecule has 1 aliphatic carbocycles. The molecule has 18 heavy (non-hydrogen) atoms. The molecule has 0 saturated carbocycles. The maximum atomic E-state index is 5.26. The van der Waals surface area contributed by atoms with Crippen molar-refractivity contribution in [2.45, 2.75) is 19.3 Å². The van der Waals surface area contributed by atoms with Crippen molar-refractivity contribution in [2.24, 2.45) is 5.92 Å². The van der Waals surface area contributed by atoms with Gasteiger partial charge in [0.05, 0.1) is 14.2 Å². The molecule has 1 aromatic carbocycles. The van der Waals surface area contributed by atoms with Gasteiger partial charge in [0, 0.05) is 30.4 Å². The van der Waals surface area contributed by atoms with Gasteiger partial charge in [0.2, 0.25) is 0 Å². The molecule has 0 spiro atoms. The van der Waals surface area contributed by atoms with E-state index in [1.54, 1.807) is 14.2 Å². The maximum absolute atomic E-state index is 5.26. The lowest BCUT2D eigenvalue weighted by Crippen LogP contribution is -2.15. The molecular weight excluding hydrogens is 226 g/mol. The second-order valence-corrected chi connectivity index (χ2v) is 4.63. The largest absolute Gasteiger partial charge is 0.497 e. The Hall–Kier alpha value is -1.64. The van der Waals surface area contributed by atoms with Gasteiger partial charge < -0.3 is 14.8 Å². The van der Waals surface area contributed by atoms with Gasteiger partial charge in [-0.25, -0.2) is 0 Å². The van der Waals surface area contributed by atoms with Crippen LogP contribution >= 0.6 is 0 Å². The lowest BCUT2D eigenvalue weighted by atomic mass is 9.94. The minimum atomic E-state index is 0.729. The average molecular weight is 247 g/mol. The van der Waals surface area contributed by atoms with Crippen LogP contribution in [0.3, 0.4) is 0 Å². The predicted octanol–water partition coefficient (Wildman–Crippen LogP) is 3.47. The first kappa shape index (κ1) is 12.8. The average Bonchev–Trinajstić information content (AvgIpc) is 2.45. The van der Waals surface area contributed by atoms with Crippen LogP contribution in [-0.4, -0.2) is 20.8 Å². The highest BCUT2D eigenvalue weighted by Gasteiger charge is 2.10. The molecule has 0 amide bonds. The molecule has 98 valence electrons. The molecule has 3 nitrogen and oxygen atoms in total. The summed E-state index contributed by atoms with van der Waals surface area (Å²) in [7, 11) is 3.34. The van der Waals surface area contributed by atoms with Gasteiger partial charge in [-0.15, -0.1) is 0 Å². The molecule has 0 bridgehead atoms. The van der Waals surface area contributed by atoms with Crippen LogP contribution < -0.4 is 14.8 Å². The predicted molar refractivity (Wildman–Crippen MR) is 74.5 cm³/mol. The lowest BCUT2D eigenvalue weighted by Gasteiger charge is -2.19. The third-order valence-electron chi connectivity index (χ3n) is 3.32. The molecular formula is C15H21NO2. The molecule has 1 atom stereocenters. The number of nitrogens with one attached hydrogen (secondary N) is 1. The second-order valence-electron chi connectivity index (χ2n) is 4.63. The van der Waals surface area contributed by atoms with Crippen molar-refractivity contribution in [1.29, 1.82) is 0 Å². The summed E-state index contributed by atoms with van der Waals surface area (Å²) in [6, 6.07) is 5.89. The van der Waals surface area contributed by atoms with Gasteiger partial charge in [-0.1, -0.05) is 12.2 Å². The molecule has 2 rings (SSSR count). The van der Waals surface area contributed by atoms with E-state index in [4.69, 9.17) is 9.47 Å². The van der Waals surface area contributed by atoms with Gasteiger partial charge in [-0.05, 0) is 25.2 Å². The quantitative estimate of drug-likeness (QED) is 0.808. The molecule has 3 heteroatoms. The number of ether oxygens (including phenoxy) is 2. The van der Waals surface area contributed by atoms with E-state index in [1.807, 2.05) is 18.2 Å². The molecule has 0 saturated heterocycles. The first-order valence-electron chi connectivity index (χ1n) is 6.43. The third-order valence-corrected chi connectivity index (χ3v) is 3.32. The van der Waals surface area contributed by atoms with Crippen LogP contribution in [0.5, 0.6) is 11.5 Å². The second kappa shape index (κ2) is 6.34. The first-order chi connectivity index (χ1) is 8.81. The van der Waals surface area contributed by atoms with Gasteiger partial charge in [-0.3, -0.25) is 0 Å². The van der Waals surface area contributed by atoms with Crippen molar-refractivity contribution in [3.05, 3.63) is 30.4 Å². The Morgan fingerprint density at radius 2 is 1.83 bits per heavy atom. The Morgan fingerprint density at radius 3 is 2.39 bits per heavy atom. The Balaban J connectivity index is 1.97. The standard InChI is InChI=1S/C15H21NO2/c1-17-14-8-13(9-15(10-14)18-2)16-11-12-6-4-3-5-7-12/h3-4,8-10,12,16H,5-7,11H2,1-2H3. The summed E-state index contributed by atoms with van der Waals surface area (Å²) in [5.41, 5.74) is 1.06. The van der Waals surface area contributed by atoms with E-state index in [0.29, 0.717) is 0 Å². The van der Waals surface area contributed by atoms with Crippen molar-refractivity contribution in [1.82, 2.24) is 0 Å². The van der Waals surface area contributed by atoms with Gasteiger partial charge in [-0.2, -0.15) is 0 Å². The van der Waals surface area contributed by atoms with Crippen molar-refractivity contribution < 1.29 is 9.47 Å². The fourth-order valence-corrected chi connectivity index (χ4v) is 2.21. The summed E-state index contributed by atoms with van der Waals surface area (Å²) in [6.45, 7) is 1.00. The van der Waals surface area contributed by atoms with Crippen molar-refractivity contribution in [3.8, 4) is 11.5 Å². The highest BCUT2D eigenvalue weighted by molar-refractivity contribution is 5.53. The summed E-state index contributed by atoms with van der Waals surface area (Å²) in [5.74, 6) is 2.37. The van der Waals surface area contributed by atoms with Crippen LogP contribution in [-0.2, 0) is 0 Å². The van der Waals surface area contributed by atoms with E-state index in [0.717, 1.165) is 29.6 Å². The van der Waals surface area contributed by atoms with E-state index < -0.39 is 0 Å². The van der Waals surface area contributed by atoms with Crippen LogP contribution in [0.1, 0.15) is 19.3 Å². The number of rotatable bonds is 5. The van der Waals surface area contributed by atoms with Crippen molar-refractivity contribution in [2.75, 3.05) is 26.1 Å². The number of methoxy groups -OCH3 is 2. The summed E-state index contributed by atoms with van der Waals surface area (Å²) in [6.07, 6.45) is 8.19. The third kappa shape index (κ3) is 3.42. The van der Waals surface area contributed by atoms with Crippen LogP contribution in [0.4, 0.5) is 5.69 Å². The number of hydrogen-bond donors (Lipinski definition) is 1. The molecule has 0 aromatic heterocycles. The topological polar surface area (TPSA) is 30.5 Å². The first-order valence-corrected chi connectivity index (χ1v) is 6.43. The Bertz CT molecular complexity index is 393. The summed E-state index contributed by atoms with van der Waals surface area (Å²) >= 11 is 0. The minimum absolute atomic E-state index is 0.729. The fraction of sp³-hybridized carbons (Fsp3) is 0.467. The zero-order valence-corrected chi connectivity index (χ0v) is 11.1. The normalized spacial score (nSPS) is 18.4. The lowest BCUT2D eigenvalue weighted by molar-refractivity contribution is 0.394. The summed E-state index contributed by atoms with van der Waals surface area (Å²) in [5, 5.41) is 3.47. The number of anilines is 1. The SMILES string of the molecule is COc1cc(NCC2CC=CCC2)cc(OC)c1. The van der Waals surface area contributed by atoms with E-state index in [9.17, 15) is 0 Å². The van der Waals surface area contributed by atoms with E-state index in [1.165, 1.54) is 19.3 Å². The van der Waals surface area contributed by atoms with E-state index >= 15 is 0 Å². The van der Waals surface area contributed by atoms with Crippen molar-refractivity contribution >= 4 is 5.69 Å². The van der Waals surface area contributed by atoms with Gasteiger partial charge in [0.25, 0.3) is 0 Å². The van der Waals surface area contributed by atoms with Crippen molar-refractivity contribution in [3.63, 3.8) is 0 Å². The summed E-state index contributed by atoms with van der Waals surface area (Å²) < 4.78 is 10.5. The Kier molecular flexibility index (Phi) is 4.51. The maximum Gasteiger partial charge on any atom is 0.124 e. The monoisotopic (exact) mass is 247 g/mol. The highest BCUT2D eigenvalue weighted by atomic mass is 16.5. The van der Waals surface area contributed by atoms with Gasteiger partial charge >= 0.3 is 0 Å². The molecule has 1 N–H and O–H groups in total. The molecule has 0 heterocycles. The fourth-order valence-electron chi connectivity index (χ4n) is 2.21. The highest BCUT2D eigenvalue weighted by Crippen LogP contribution is 2.26. The number of allylic oxidation sites excluding steroid dienone is 2. The summed E-state index contributed by atoms with van der Waals surface area (Å²) in [4.78, 5) is 0. The number of benzene rings is 1. The molecule has 1 unspecified atom stereocenters. The van der Waals surface area contributed by atoms with E-state index in [-0.39, 0.29) is 0 Å². The van der Waals surface area contributed by atoms with Crippen LogP contribution in [0, 0.1) is 5.92 Å². The Labute approximate surface area is 109 Å².